The van der Waals surface area contributed by atoms with Crippen LogP contribution in [0.5, 0.6) is 0 Å². The molecule has 1 fully saturated rings. The van der Waals surface area contributed by atoms with Crippen LogP contribution in [0.1, 0.15) is 32.1 Å². The summed E-state index contributed by atoms with van der Waals surface area (Å²) in [5.74, 6) is 0.965. The molecule has 0 aromatic carbocycles. The van der Waals surface area contributed by atoms with Gasteiger partial charge in [-0.2, -0.15) is 24.9 Å². The first-order chi connectivity index (χ1) is 6.49. The van der Waals surface area contributed by atoms with Gasteiger partial charge in [0.1, 0.15) is 5.78 Å². The number of carbonyl (C=O) groups is 1. The predicted octanol–water partition coefficient (Wildman–Crippen LogP) is 3.18. The second-order valence-electron chi connectivity index (χ2n) is 3.44. The maximum Gasteiger partial charge on any atom is 0.389 e. The van der Waals surface area contributed by atoms with E-state index in [1.54, 1.807) is 11.8 Å². The summed E-state index contributed by atoms with van der Waals surface area (Å²) in [6, 6.07) is 0. The normalized spacial score (nSPS) is 22.6. The van der Waals surface area contributed by atoms with Crippen molar-refractivity contribution in [1.29, 1.82) is 0 Å². The van der Waals surface area contributed by atoms with Gasteiger partial charge in [0.05, 0.1) is 5.25 Å². The van der Waals surface area contributed by atoms with E-state index in [4.69, 9.17) is 0 Å². The second-order valence-corrected chi connectivity index (χ2v) is 4.75. The maximum absolute atomic E-state index is 11.8. The molecule has 0 aromatic rings. The highest BCUT2D eigenvalue weighted by Gasteiger charge is 2.28. The first kappa shape index (κ1) is 11.9. The number of alkyl halides is 3. The number of thioether (sulfide) groups is 1. The Hall–Kier alpha value is -0.190. The minimum Gasteiger partial charge on any atom is -0.298 e. The Morgan fingerprint density at radius 3 is 2.64 bits per heavy atom. The van der Waals surface area contributed by atoms with Crippen LogP contribution in [0.4, 0.5) is 13.2 Å². The zero-order valence-electron chi connectivity index (χ0n) is 7.77. The SMILES string of the molecule is O=C(CCCC(F)(F)F)C1CCCS1. The smallest absolute Gasteiger partial charge is 0.298 e. The van der Waals surface area contributed by atoms with Gasteiger partial charge < -0.3 is 0 Å². The van der Waals surface area contributed by atoms with Gasteiger partial charge in [0.25, 0.3) is 0 Å². The van der Waals surface area contributed by atoms with Crippen LogP contribution in [0.2, 0.25) is 0 Å². The van der Waals surface area contributed by atoms with Crippen LogP contribution in [-0.4, -0.2) is 23.0 Å². The van der Waals surface area contributed by atoms with Crippen molar-refractivity contribution >= 4 is 17.5 Å². The molecule has 0 amide bonds. The van der Waals surface area contributed by atoms with E-state index in [2.05, 4.69) is 0 Å². The van der Waals surface area contributed by atoms with E-state index in [1.165, 1.54) is 0 Å². The topological polar surface area (TPSA) is 17.1 Å². The molecule has 1 aliphatic heterocycles. The van der Waals surface area contributed by atoms with E-state index >= 15 is 0 Å². The van der Waals surface area contributed by atoms with E-state index in [1.807, 2.05) is 0 Å². The number of rotatable bonds is 4. The lowest BCUT2D eigenvalue weighted by molar-refractivity contribution is -0.137. The molecule has 1 nitrogen and oxygen atoms in total. The molecule has 1 saturated heterocycles. The Morgan fingerprint density at radius 1 is 1.43 bits per heavy atom. The zero-order chi connectivity index (χ0) is 10.6. The van der Waals surface area contributed by atoms with Crippen LogP contribution in [-0.2, 0) is 4.79 Å². The Balaban J connectivity index is 2.15. The standard InChI is InChI=1S/C9H13F3OS/c10-9(11,12)5-1-3-7(13)8-4-2-6-14-8/h8H,1-6H2. The summed E-state index contributed by atoms with van der Waals surface area (Å²) >= 11 is 1.58. The first-order valence-corrected chi connectivity index (χ1v) is 5.75. The molecule has 0 N–H and O–H groups in total. The van der Waals surface area contributed by atoms with Gasteiger partial charge in [0.15, 0.2) is 0 Å². The Labute approximate surface area is 85.4 Å². The fourth-order valence-electron chi connectivity index (χ4n) is 1.46. The molecule has 82 valence electrons. The molecule has 1 heterocycles. The summed E-state index contributed by atoms with van der Waals surface area (Å²) < 4.78 is 35.3. The highest BCUT2D eigenvalue weighted by molar-refractivity contribution is 8.00. The fourth-order valence-corrected chi connectivity index (χ4v) is 2.71. The molecule has 0 aromatic heterocycles. The molecule has 0 spiro atoms. The van der Waals surface area contributed by atoms with Crippen molar-refractivity contribution < 1.29 is 18.0 Å². The molecule has 1 atom stereocenters. The van der Waals surface area contributed by atoms with E-state index in [0.717, 1.165) is 18.6 Å². The van der Waals surface area contributed by atoms with Gasteiger partial charge in [-0.15, -0.1) is 0 Å². The molecule has 0 bridgehead atoms. The van der Waals surface area contributed by atoms with Crippen LogP contribution in [0.25, 0.3) is 0 Å². The van der Waals surface area contributed by atoms with Gasteiger partial charge in [-0.05, 0) is 25.0 Å². The quantitative estimate of drug-likeness (QED) is 0.732. The fraction of sp³-hybridized carbons (Fsp3) is 0.889. The molecular formula is C9H13F3OS. The summed E-state index contributed by atoms with van der Waals surface area (Å²) in [5.41, 5.74) is 0. The maximum atomic E-state index is 11.8. The van der Waals surface area contributed by atoms with Crippen molar-refractivity contribution in [2.75, 3.05) is 5.75 Å². The molecule has 0 radical (unpaired) electrons. The third-order valence-electron chi connectivity index (χ3n) is 2.17. The van der Waals surface area contributed by atoms with Crippen molar-refractivity contribution in [3.63, 3.8) is 0 Å². The molecule has 0 saturated carbocycles. The summed E-state index contributed by atoms with van der Waals surface area (Å²) in [6.07, 6.45) is -3.08. The van der Waals surface area contributed by atoms with Crippen molar-refractivity contribution in [3.05, 3.63) is 0 Å². The number of Topliss-reactive ketones (excluding diaryl/α,β-unsaturated/α-hetero) is 1. The molecule has 14 heavy (non-hydrogen) atoms. The van der Waals surface area contributed by atoms with Crippen molar-refractivity contribution in [3.8, 4) is 0 Å². The van der Waals surface area contributed by atoms with Crippen LogP contribution in [0, 0.1) is 0 Å². The Morgan fingerprint density at radius 2 is 2.14 bits per heavy atom. The molecule has 1 rings (SSSR count). The van der Waals surface area contributed by atoms with Crippen LogP contribution in [0.15, 0.2) is 0 Å². The number of halogens is 3. The van der Waals surface area contributed by atoms with Crippen molar-refractivity contribution in [2.45, 2.75) is 43.5 Å². The average Bonchev–Trinajstić information content (AvgIpc) is 2.53. The van der Waals surface area contributed by atoms with Gasteiger partial charge in [-0.25, -0.2) is 0 Å². The summed E-state index contributed by atoms with van der Waals surface area (Å²) in [5, 5.41) is -0.0248. The van der Waals surface area contributed by atoms with E-state index < -0.39 is 12.6 Å². The third-order valence-corrected chi connectivity index (χ3v) is 3.60. The molecule has 1 aliphatic rings. The van der Waals surface area contributed by atoms with E-state index in [9.17, 15) is 18.0 Å². The summed E-state index contributed by atoms with van der Waals surface area (Å²) in [6.45, 7) is 0. The minimum atomic E-state index is -4.12. The summed E-state index contributed by atoms with van der Waals surface area (Å²) in [7, 11) is 0. The molecule has 5 heteroatoms. The molecular weight excluding hydrogens is 213 g/mol. The minimum absolute atomic E-state index is 0.00301. The van der Waals surface area contributed by atoms with Crippen molar-refractivity contribution in [1.82, 2.24) is 0 Å². The lowest BCUT2D eigenvalue weighted by atomic mass is 10.1. The monoisotopic (exact) mass is 226 g/mol. The highest BCUT2D eigenvalue weighted by atomic mass is 32.2. The number of hydrogen-bond donors (Lipinski definition) is 0. The molecule has 1 unspecified atom stereocenters. The number of carbonyl (C=O) groups excluding carboxylic acids is 1. The van der Waals surface area contributed by atoms with E-state index in [-0.39, 0.29) is 23.9 Å². The predicted molar refractivity (Wildman–Crippen MR) is 50.4 cm³/mol. The van der Waals surface area contributed by atoms with Gasteiger partial charge >= 0.3 is 6.18 Å². The first-order valence-electron chi connectivity index (χ1n) is 4.70. The number of ketones is 1. The van der Waals surface area contributed by atoms with Crippen LogP contribution < -0.4 is 0 Å². The Bertz CT molecular complexity index is 197. The molecule has 0 aliphatic carbocycles. The van der Waals surface area contributed by atoms with Gasteiger partial charge in [0.2, 0.25) is 0 Å². The lowest BCUT2D eigenvalue weighted by Gasteiger charge is -2.08. The van der Waals surface area contributed by atoms with Crippen LogP contribution >= 0.6 is 11.8 Å². The van der Waals surface area contributed by atoms with Crippen LogP contribution in [0.3, 0.4) is 0 Å². The van der Waals surface area contributed by atoms with Gasteiger partial charge in [-0.1, -0.05) is 0 Å². The largest absolute Gasteiger partial charge is 0.389 e. The van der Waals surface area contributed by atoms with Crippen molar-refractivity contribution in [2.24, 2.45) is 0 Å². The lowest BCUT2D eigenvalue weighted by Crippen LogP contribution is -2.15. The Kier molecular flexibility index (Phi) is 4.29. The second kappa shape index (κ2) is 5.05. The number of hydrogen-bond acceptors (Lipinski definition) is 2. The summed E-state index contributed by atoms with van der Waals surface area (Å²) in [4.78, 5) is 11.3. The van der Waals surface area contributed by atoms with Gasteiger partial charge in [-0.3, -0.25) is 4.79 Å². The van der Waals surface area contributed by atoms with Gasteiger partial charge in [0, 0.05) is 12.8 Å². The third kappa shape index (κ3) is 4.35. The highest BCUT2D eigenvalue weighted by Crippen LogP contribution is 2.29. The zero-order valence-corrected chi connectivity index (χ0v) is 8.59. The average molecular weight is 226 g/mol. The van der Waals surface area contributed by atoms with E-state index in [0.29, 0.717) is 0 Å².